The molecule has 4 rings (SSSR count). The molecule has 0 N–H and O–H groups in total. The number of hydrogen-bond acceptors (Lipinski definition) is 1. The molecule has 3 aromatic carbocycles. The standard InChI is InChI=1S/C33H37N/c1-4-5-6-7-8-10-14-27-15-13-18-29(23-27)31-21-25(2)33(26(3)22-31)30-19-20-32(34-24-30)28-16-11-9-12-17-28/h9,11-13,15-24H,4-8,10,14H2,1-3H3. The first-order valence-electron chi connectivity index (χ1n) is 12.9. The summed E-state index contributed by atoms with van der Waals surface area (Å²) in [5.41, 5.74) is 11.3. The first-order valence-corrected chi connectivity index (χ1v) is 12.9. The topological polar surface area (TPSA) is 12.9 Å². The van der Waals surface area contributed by atoms with Crippen LogP contribution in [0.25, 0.3) is 33.5 Å². The van der Waals surface area contributed by atoms with Crippen LogP contribution in [0, 0.1) is 13.8 Å². The number of rotatable bonds is 10. The number of aromatic nitrogens is 1. The van der Waals surface area contributed by atoms with Crippen molar-refractivity contribution < 1.29 is 0 Å². The lowest BCUT2D eigenvalue weighted by atomic mass is 9.91. The average molecular weight is 448 g/mol. The Kier molecular flexibility index (Phi) is 8.31. The quantitative estimate of drug-likeness (QED) is 0.220. The second kappa shape index (κ2) is 11.8. The fourth-order valence-corrected chi connectivity index (χ4v) is 4.92. The van der Waals surface area contributed by atoms with E-state index in [1.807, 2.05) is 12.3 Å². The summed E-state index contributed by atoms with van der Waals surface area (Å²) >= 11 is 0. The number of hydrogen-bond donors (Lipinski definition) is 0. The van der Waals surface area contributed by atoms with Crippen LogP contribution in [0.1, 0.15) is 62.1 Å². The van der Waals surface area contributed by atoms with E-state index in [2.05, 4.69) is 93.6 Å². The third-order valence-corrected chi connectivity index (χ3v) is 6.73. The Labute approximate surface area is 205 Å². The minimum absolute atomic E-state index is 1.01. The van der Waals surface area contributed by atoms with Gasteiger partial charge in [0.1, 0.15) is 0 Å². The van der Waals surface area contributed by atoms with Gasteiger partial charge in [0.15, 0.2) is 0 Å². The van der Waals surface area contributed by atoms with Gasteiger partial charge in [0.2, 0.25) is 0 Å². The molecule has 0 atom stereocenters. The third kappa shape index (κ3) is 6.03. The fourth-order valence-electron chi connectivity index (χ4n) is 4.92. The highest BCUT2D eigenvalue weighted by Gasteiger charge is 2.10. The molecule has 0 aliphatic rings. The van der Waals surface area contributed by atoms with Crippen LogP contribution in [0.2, 0.25) is 0 Å². The van der Waals surface area contributed by atoms with Crippen molar-refractivity contribution >= 4 is 0 Å². The van der Waals surface area contributed by atoms with Gasteiger partial charge in [0.05, 0.1) is 5.69 Å². The molecule has 1 aromatic heterocycles. The molecule has 0 spiro atoms. The Balaban J connectivity index is 1.50. The van der Waals surface area contributed by atoms with E-state index < -0.39 is 0 Å². The second-order valence-electron chi connectivity index (χ2n) is 9.50. The zero-order valence-electron chi connectivity index (χ0n) is 21.0. The molecular weight excluding hydrogens is 410 g/mol. The first-order chi connectivity index (χ1) is 16.7. The van der Waals surface area contributed by atoms with E-state index in [0.717, 1.165) is 11.3 Å². The van der Waals surface area contributed by atoms with E-state index in [4.69, 9.17) is 4.98 Å². The molecule has 0 saturated heterocycles. The van der Waals surface area contributed by atoms with E-state index in [1.165, 1.54) is 83.9 Å². The smallest absolute Gasteiger partial charge is 0.0702 e. The highest BCUT2D eigenvalue weighted by molar-refractivity contribution is 5.77. The maximum absolute atomic E-state index is 4.75. The molecule has 1 nitrogen and oxygen atoms in total. The summed E-state index contributed by atoms with van der Waals surface area (Å²) in [6, 6.07) is 28.5. The van der Waals surface area contributed by atoms with Crippen molar-refractivity contribution in [3.8, 4) is 33.5 Å². The van der Waals surface area contributed by atoms with Gasteiger partial charge in [-0.2, -0.15) is 0 Å². The maximum atomic E-state index is 4.75. The Morgan fingerprint density at radius 1 is 0.588 bits per heavy atom. The van der Waals surface area contributed by atoms with Crippen LogP contribution in [0.3, 0.4) is 0 Å². The number of pyridine rings is 1. The molecule has 34 heavy (non-hydrogen) atoms. The molecule has 0 aliphatic heterocycles. The normalized spacial score (nSPS) is 11.0. The molecule has 0 bridgehead atoms. The maximum Gasteiger partial charge on any atom is 0.0702 e. The summed E-state index contributed by atoms with van der Waals surface area (Å²) < 4.78 is 0. The van der Waals surface area contributed by atoms with Crippen molar-refractivity contribution in [3.63, 3.8) is 0 Å². The molecule has 0 aliphatic carbocycles. The number of aryl methyl sites for hydroxylation is 3. The predicted molar refractivity (Wildman–Crippen MR) is 147 cm³/mol. The molecule has 1 heterocycles. The van der Waals surface area contributed by atoms with Crippen molar-refractivity contribution in [2.75, 3.05) is 0 Å². The molecule has 0 unspecified atom stereocenters. The zero-order valence-corrected chi connectivity index (χ0v) is 21.0. The molecule has 0 amide bonds. The van der Waals surface area contributed by atoms with Gasteiger partial charge in [-0.3, -0.25) is 4.98 Å². The highest BCUT2D eigenvalue weighted by Crippen LogP contribution is 2.33. The van der Waals surface area contributed by atoms with Gasteiger partial charge in [-0.1, -0.05) is 112 Å². The molecule has 1 heteroatoms. The largest absolute Gasteiger partial charge is 0.256 e. The molecule has 174 valence electrons. The zero-order chi connectivity index (χ0) is 23.8. The van der Waals surface area contributed by atoms with E-state index in [0.29, 0.717) is 0 Å². The van der Waals surface area contributed by atoms with Crippen LogP contribution < -0.4 is 0 Å². The van der Waals surface area contributed by atoms with Gasteiger partial charge >= 0.3 is 0 Å². The lowest BCUT2D eigenvalue weighted by Crippen LogP contribution is -1.93. The van der Waals surface area contributed by atoms with Gasteiger partial charge in [-0.15, -0.1) is 0 Å². The van der Waals surface area contributed by atoms with E-state index >= 15 is 0 Å². The van der Waals surface area contributed by atoms with Crippen LogP contribution >= 0.6 is 0 Å². The molecule has 0 radical (unpaired) electrons. The van der Waals surface area contributed by atoms with Gasteiger partial charge in [-0.25, -0.2) is 0 Å². The molecular formula is C33H37N. The highest BCUT2D eigenvalue weighted by atomic mass is 14.7. The monoisotopic (exact) mass is 447 g/mol. The van der Waals surface area contributed by atoms with Crippen molar-refractivity contribution in [3.05, 3.63) is 102 Å². The summed E-state index contributed by atoms with van der Waals surface area (Å²) in [6.45, 7) is 6.72. The van der Waals surface area contributed by atoms with E-state index in [9.17, 15) is 0 Å². The van der Waals surface area contributed by atoms with Crippen LogP contribution in [-0.2, 0) is 6.42 Å². The van der Waals surface area contributed by atoms with Crippen LogP contribution in [0.15, 0.2) is 85.1 Å². The fraction of sp³-hybridized carbons (Fsp3) is 0.303. The Hall–Kier alpha value is -3.19. The summed E-state index contributed by atoms with van der Waals surface area (Å²) in [5, 5.41) is 0. The molecule has 0 saturated carbocycles. The van der Waals surface area contributed by atoms with Crippen LogP contribution in [-0.4, -0.2) is 4.98 Å². The van der Waals surface area contributed by atoms with Gasteiger partial charge in [-0.05, 0) is 66.1 Å². The third-order valence-electron chi connectivity index (χ3n) is 6.73. The molecule has 4 aromatic rings. The van der Waals surface area contributed by atoms with Gasteiger partial charge < -0.3 is 0 Å². The first kappa shape index (κ1) is 24.0. The van der Waals surface area contributed by atoms with Crippen molar-refractivity contribution in [1.29, 1.82) is 0 Å². The Bertz CT molecular complexity index is 1170. The van der Waals surface area contributed by atoms with Crippen molar-refractivity contribution in [2.45, 2.75) is 65.7 Å². The number of benzene rings is 3. The van der Waals surface area contributed by atoms with Crippen molar-refractivity contribution in [1.82, 2.24) is 4.98 Å². The Morgan fingerprint density at radius 2 is 1.29 bits per heavy atom. The second-order valence-corrected chi connectivity index (χ2v) is 9.50. The number of nitrogens with zero attached hydrogens (tertiary/aromatic N) is 1. The number of unbranched alkanes of at least 4 members (excludes halogenated alkanes) is 5. The predicted octanol–water partition coefficient (Wildman–Crippen LogP) is 9.60. The minimum atomic E-state index is 1.01. The van der Waals surface area contributed by atoms with Crippen LogP contribution in [0.4, 0.5) is 0 Å². The van der Waals surface area contributed by atoms with E-state index in [1.54, 1.807) is 0 Å². The SMILES string of the molecule is CCCCCCCCc1cccc(-c2cc(C)c(-c3ccc(-c4ccccc4)nc3)c(C)c2)c1. The van der Waals surface area contributed by atoms with Crippen molar-refractivity contribution in [2.24, 2.45) is 0 Å². The summed E-state index contributed by atoms with van der Waals surface area (Å²) in [7, 11) is 0. The summed E-state index contributed by atoms with van der Waals surface area (Å²) in [6.07, 6.45) is 11.3. The lowest BCUT2D eigenvalue weighted by Gasteiger charge is -2.14. The minimum Gasteiger partial charge on any atom is -0.256 e. The summed E-state index contributed by atoms with van der Waals surface area (Å²) in [5.74, 6) is 0. The average Bonchev–Trinajstić information content (AvgIpc) is 2.87. The van der Waals surface area contributed by atoms with E-state index in [-0.39, 0.29) is 0 Å². The Morgan fingerprint density at radius 3 is 2.00 bits per heavy atom. The lowest BCUT2D eigenvalue weighted by molar-refractivity contribution is 0.607. The van der Waals surface area contributed by atoms with Gasteiger partial charge in [0, 0.05) is 17.3 Å². The van der Waals surface area contributed by atoms with Crippen LogP contribution in [0.5, 0.6) is 0 Å². The molecule has 0 fully saturated rings. The summed E-state index contributed by atoms with van der Waals surface area (Å²) in [4.78, 5) is 4.75. The van der Waals surface area contributed by atoms with Gasteiger partial charge in [0.25, 0.3) is 0 Å².